The summed E-state index contributed by atoms with van der Waals surface area (Å²) in [6, 6.07) is 53.1. The average Bonchev–Trinajstić information content (AvgIpc) is 3.66. The first-order valence-electron chi connectivity index (χ1n) is 18.3. The predicted molar refractivity (Wildman–Crippen MR) is 221 cm³/mol. The molecular formula is C48H39Ar2N2O5S+. The van der Waals surface area contributed by atoms with Gasteiger partial charge in [0.25, 0.3) is 6.17 Å². The van der Waals surface area contributed by atoms with Crippen LogP contribution >= 0.6 is 0 Å². The molecule has 10 heteroatoms. The minimum absolute atomic E-state index is 0. The molecule has 0 aromatic heterocycles. The van der Waals surface area contributed by atoms with Crippen molar-refractivity contribution in [3.8, 4) is 45.6 Å². The van der Waals surface area contributed by atoms with E-state index in [0.29, 0.717) is 23.0 Å². The van der Waals surface area contributed by atoms with Crippen molar-refractivity contribution in [2.75, 3.05) is 7.05 Å². The van der Waals surface area contributed by atoms with E-state index in [0.717, 1.165) is 34.6 Å². The Morgan fingerprint density at radius 2 is 0.845 bits per heavy atom. The first kappa shape index (κ1) is 43.3. The topological polar surface area (TPSA) is 77.2 Å². The molecule has 1 aliphatic heterocycles. The molecule has 0 spiro atoms. The van der Waals surface area contributed by atoms with E-state index in [4.69, 9.17) is 14.2 Å². The van der Waals surface area contributed by atoms with Crippen LogP contribution in [0.2, 0.25) is 0 Å². The zero-order valence-corrected chi connectivity index (χ0v) is 33.9. The van der Waals surface area contributed by atoms with Gasteiger partial charge in [0, 0.05) is 81.0 Å². The van der Waals surface area contributed by atoms with Crippen LogP contribution in [0.5, 0.6) is 34.5 Å². The fourth-order valence-electron chi connectivity index (χ4n) is 6.41. The number of benzene rings is 7. The van der Waals surface area contributed by atoms with Crippen LogP contribution in [-0.4, -0.2) is 32.5 Å². The van der Waals surface area contributed by atoms with Gasteiger partial charge >= 0.3 is 0 Å². The molecule has 1 aliphatic rings. The van der Waals surface area contributed by atoms with Gasteiger partial charge in [0.05, 0.1) is 16.0 Å². The molecule has 7 nitrogen and oxygen atoms in total. The number of nitrogens with zero attached hydrogens (tertiary/aromatic N) is 2. The van der Waals surface area contributed by atoms with Gasteiger partial charge in [0.2, 0.25) is 9.84 Å². The maximum Gasteiger partial charge on any atom is 0.272 e. The van der Waals surface area contributed by atoms with Gasteiger partial charge < -0.3 is 14.2 Å². The molecule has 0 saturated heterocycles. The Bertz CT molecular complexity index is 2610. The van der Waals surface area contributed by atoms with Crippen molar-refractivity contribution < 1.29 is 103 Å². The van der Waals surface area contributed by atoms with Crippen molar-refractivity contribution in [2.24, 2.45) is 4.99 Å². The molecule has 0 fully saturated rings. The van der Waals surface area contributed by atoms with Gasteiger partial charge in [-0.3, -0.25) is 0 Å². The maximum atomic E-state index is 13.4. The molecule has 292 valence electrons. The Morgan fingerprint density at radius 1 is 0.500 bits per heavy atom. The van der Waals surface area contributed by atoms with E-state index in [9.17, 15) is 8.42 Å². The van der Waals surface area contributed by atoms with Crippen LogP contribution in [0.25, 0.3) is 11.1 Å². The monoisotopic (exact) mass is 835 g/mol. The predicted octanol–water partition coefficient (Wildman–Crippen LogP) is 11.3. The van der Waals surface area contributed by atoms with Crippen molar-refractivity contribution in [1.29, 1.82) is 0 Å². The number of ether oxygens (including phenoxy) is 3. The van der Waals surface area contributed by atoms with Gasteiger partial charge in [-0.05, 0) is 145 Å². The Balaban J connectivity index is 0.00000283. The summed E-state index contributed by atoms with van der Waals surface area (Å²) in [5, 5.41) is 0. The van der Waals surface area contributed by atoms with E-state index in [2.05, 4.69) is 48.3 Å². The molecule has 7 aromatic rings. The summed E-state index contributed by atoms with van der Waals surface area (Å²) in [6.45, 7) is 2.10. The molecule has 58 heavy (non-hydrogen) atoms. The Hall–Kier alpha value is -4.25. The molecule has 1 unspecified atom stereocenters. The Labute approximate surface area is 399 Å². The standard InChI is InChI=1S/C48H39N2O5S.2Ar/c1-34-3-5-35(6-4-34)33-36-7-15-40(16-8-36)53-41-17-9-37(10-18-41)38-11-19-42(20-12-38)54-44-23-27-46(28-24-44)56(51,52)47-29-25-45(26-30-47)55-43-21-13-39(14-22-43)48-49-31-32-50(48)2;;/h3-32,48H,33H2,1-2H3;;/q+1;;. The zero-order chi connectivity index (χ0) is 38.5. The molecule has 0 bridgehead atoms. The summed E-state index contributed by atoms with van der Waals surface area (Å²) in [5.74, 6) is 3.90. The van der Waals surface area contributed by atoms with E-state index < -0.39 is 9.84 Å². The second-order valence-electron chi connectivity index (χ2n) is 13.7. The van der Waals surface area contributed by atoms with Crippen molar-refractivity contribution in [1.82, 2.24) is 0 Å². The van der Waals surface area contributed by atoms with Crippen molar-refractivity contribution >= 4 is 22.3 Å². The third-order valence-corrected chi connectivity index (χ3v) is 11.3. The normalized spacial score (nSPS) is 13.1. The van der Waals surface area contributed by atoms with Crippen molar-refractivity contribution in [3.63, 3.8) is 0 Å². The number of aryl methyl sites for hydroxylation is 1. The van der Waals surface area contributed by atoms with Gasteiger partial charge in [-0.1, -0.05) is 66.2 Å². The third kappa shape index (κ3) is 10.7. The van der Waals surface area contributed by atoms with Gasteiger partial charge in [-0.2, -0.15) is 0 Å². The van der Waals surface area contributed by atoms with Crippen molar-refractivity contribution in [3.05, 3.63) is 192 Å². The zero-order valence-electron chi connectivity index (χ0n) is 31.7. The number of rotatable bonds is 12. The number of hydrogen-bond acceptors (Lipinski definition) is 6. The molecule has 0 aliphatic carbocycles. The first-order chi connectivity index (χ1) is 27.2. The second-order valence-corrected chi connectivity index (χ2v) is 15.6. The van der Waals surface area contributed by atoms with E-state index in [1.54, 1.807) is 54.7 Å². The van der Waals surface area contributed by atoms with E-state index >= 15 is 0 Å². The SMILES string of the molecule is Cc1ccc(Cc2ccc(Oc3ccc(-c4ccc(Oc5ccc(S(=O)(=O)c6ccc(Oc7ccc(C8N=CC=[N+]8C)cc7)cc6)cc5)cc4)cc3)cc2)cc1.[Ar].[Ar]. The molecule has 0 N–H and O–H groups in total. The summed E-state index contributed by atoms with van der Waals surface area (Å²) in [7, 11) is -1.77. The number of aliphatic imine (C=N–C) groups is 1. The summed E-state index contributed by atoms with van der Waals surface area (Å²) in [5.41, 5.74) is 6.91. The van der Waals surface area contributed by atoms with E-state index in [1.807, 2.05) is 103 Å². The Kier molecular flexibility index (Phi) is 14.7. The summed E-state index contributed by atoms with van der Waals surface area (Å²) < 4.78 is 47.0. The molecule has 0 saturated carbocycles. The molecule has 1 atom stereocenters. The minimum atomic E-state index is -3.75. The summed E-state index contributed by atoms with van der Waals surface area (Å²) in [6.07, 6.45) is 4.57. The summed E-state index contributed by atoms with van der Waals surface area (Å²) in [4.78, 5) is 4.79. The summed E-state index contributed by atoms with van der Waals surface area (Å²) >= 11 is 0. The van der Waals surface area contributed by atoms with E-state index in [1.165, 1.54) is 16.7 Å². The van der Waals surface area contributed by atoms with Crippen LogP contribution in [0.15, 0.2) is 185 Å². The molecule has 8 rings (SSSR count). The third-order valence-electron chi connectivity index (χ3n) is 9.56. The van der Waals surface area contributed by atoms with Crippen LogP contribution in [0.4, 0.5) is 0 Å². The maximum absolute atomic E-state index is 13.4. The first-order valence-corrected chi connectivity index (χ1v) is 19.8. The molecule has 0 amide bonds. The van der Waals surface area contributed by atoms with Crippen molar-refractivity contribution in [2.45, 2.75) is 29.3 Å². The van der Waals surface area contributed by atoms with E-state index in [-0.39, 0.29) is 91.4 Å². The van der Waals surface area contributed by atoms with Gasteiger partial charge in [-0.25, -0.2) is 18.0 Å². The van der Waals surface area contributed by atoms with Crippen LogP contribution in [-0.2, 0) is 16.3 Å². The number of sulfone groups is 1. The van der Waals surface area contributed by atoms with Crippen LogP contribution in [0, 0.1) is 82.4 Å². The molecule has 7 aromatic carbocycles. The fraction of sp³-hybridized carbons (Fsp3) is 0.0833. The number of hydrogen-bond donors (Lipinski definition) is 0. The largest absolute Gasteiger partial charge is 0.457 e. The van der Waals surface area contributed by atoms with Crippen LogP contribution in [0.1, 0.15) is 28.4 Å². The van der Waals surface area contributed by atoms with Gasteiger partial charge in [0.15, 0.2) is 6.21 Å². The fourth-order valence-corrected chi connectivity index (χ4v) is 7.67. The average molecular weight is 836 g/mol. The van der Waals surface area contributed by atoms with Crippen LogP contribution < -0.4 is 14.2 Å². The second kappa shape index (κ2) is 19.7. The minimum Gasteiger partial charge on any atom is -0.457 e. The smallest absolute Gasteiger partial charge is 0.272 e. The van der Waals surface area contributed by atoms with Gasteiger partial charge in [-0.15, -0.1) is 0 Å². The van der Waals surface area contributed by atoms with Gasteiger partial charge in [0.1, 0.15) is 41.5 Å². The molecular weight excluding hydrogens is 796 g/mol. The molecule has 1 heterocycles. The quantitative estimate of drug-likeness (QED) is 0.115. The molecule has 0 radical (unpaired) electrons. The Morgan fingerprint density at radius 3 is 1.22 bits per heavy atom. The van der Waals surface area contributed by atoms with Crippen LogP contribution in [0.3, 0.4) is 0 Å².